The van der Waals surface area contributed by atoms with Crippen molar-refractivity contribution in [1.29, 1.82) is 0 Å². The van der Waals surface area contributed by atoms with Gasteiger partial charge >= 0.3 is 0 Å². The van der Waals surface area contributed by atoms with Gasteiger partial charge in [0.05, 0.1) is 12.8 Å². The van der Waals surface area contributed by atoms with Gasteiger partial charge in [-0.25, -0.2) is 0 Å². The zero-order valence-corrected chi connectivity index (χ0v) is 14.9. The van der Waals surface area contributed by atoms with Crippen LogP contribution in [-0.2, 0) is 0 Å². The molecule has 2 fully saturated rings. The van der Waals surface area contributed by atoms with Gasteiger partial charge < -0.3 is 19.9 Å². The number of nitrogens with one attached hydrogen (secondary N) is 1. The molecule has 0 radical (unpaired) electrons. The van der Waals surface area contributed by atoms with Crippen LogP contribution in [0.1, 0.15) is 23.3 Å². The molecule has 1 aromatic carbocycles. The van der Waals surface area contributed by atoms with Gasteiger partial charge in [0.2, 0.25) is 0 Å². The van der Waals surface area contributed by atoms with Gasteiger partial charge in [0.15, 0.2) is 11.5 Å². The average Bonchev–Trinajstić information content (AvgIpc) is 3.52. The third kappa shape index (κ3) is 3.56. The van der Waals surface area contributed by atoms with E-state index < -0.39 is 0 Å². The van der Waals surface area contributed by atoms with Crippen LogP contribution in [0.25, 0.3) is 0 Å². The summed E-state index contributed by atoms with van der Waals surface area (Å²) < 4.78 is 5.46. The normalized spacial score (nSPS) is 17.1. The van der Waals surface area contributed by atoms with Gasteiger partial charge in [0, 0.05) is 32.2 Å². The van der Waals surface area contributed by atoms with Crippen molar-refractivity contribution in [2.45, 2.75) is 18.9 Å². The van der Waals surface area contributed by atoms with E-state index in [4.69, 9.17) is 4.74 Å². The summed E-state index contributed by atoms with van der Waals surface area (Å²) in [4.78, 5) is 16.5. The average molecular weight is 353 g/mol. The molecule has 136 valence electrons. The smallest absolute Gasteiger partial charge is 0.272 e. The molecular weight excluding hydrogens is 330 g/mol. The number of carbonyl (C=O) groups is 1. The fourth-order valence-electron chi connectivity index (χ4n) is 3.17. The van der Waals surface area contributed by atoms with Crippen molar-refractivity contribution < 1.29 is 9.53 Å². The van der Waals surface area contributed by atoms with Gasteiger partial charge in [-0.2, -0.15) is 0 Å². The molecule has 1 saturated carbocycles. The lowest BCUT2D eigenvalue weighted by atomic mass is 10.2. The molecule has 0 unspecified atom stereocenters. The Bertz CT molecular complexity index is 768. The number of hydrogen-bond donors (Lipinski definition) is 1. The number of piperazine rings is 1. The summed E-state index contributed by atoms with van der Waals surface area (Å²) in [6.07, 6.45) is 2.13. The van der Waals surface area contributed by atoms with E-state index in [1.807, 2.05) is 24.3 Å². The molecule has 1 saturated heterocycles. The van der Waals surface area contributed by atoms with Gasteiger partial charge in [-0.15, -0.1) is 10.2 Å². The van der Waals surface area contributed by atoms with E-state index in [1.54, 1.807) is 13.2 Å². The Balaban J connectivity index is 1.37. The minimum atomic E-state index is -0.132. The second-order valence-electron chi connectivity index (χ2n) is 6.67. The number of benzene rings is 1. The highest BCUT2D eigenvalue weighted by molar-refractivity contribution is 5.92. The summed E-state index contributed by atoms with van der Waals surface area (Å²) in [5.41, 5.74) is 1.50. The molecule has 2 aromatic rings. The lowest BCUT2D eigenvalue weighted by molar-refractivity contribution is 0.0945. The Labute approximate surface area is 153 Å². The van der Waals surface area contributed by atoms with Gasteiger partial charge in [-0.1, -0.05) is 12.1 Å². The molecule has 0 bridgehead atoms. The second-order valence-corrected chi connectivity index (χ2v) is 6.67. The Morgan fingerprint density at radius 3 is 2.42 bits per heavy atom. The van der Waals surface area contributed by atoms with Gasteiger partial charge in [0.1, 0.15) is 5.75 Å². The van der Waals surface area contributed by atoms with Crippen LogP contribution in [0.2, 0.25) is 0 Å². The summed E-state index contributed by atoms with van der Waals surface area (Å²) in [7, 11) is 1.70. The molecule has 0 spiro atoms. The molecule has 1 aliphatic heterocycles. The predicted molar refractivity (Wildman–Crippen MR) is 99.9 cm³/mol. The van der Waals surface area contributed by atoms with Crippen LogP contribution in [0.4, 0.5) is 11.5 Å². The fraction of sp³-hybridized carbons (Fsp3) is 0.421. The zero-order valence-electron chi connectivity index (χ0n) is 14.9. The number of ether oxygens (including phenoxy) is 1. The highest BCUT2D eigenvalue weighted by Gasteiger charge is 2.25. The van der Waals surface area contributed by atoms with E-state index in [0.717, 1.165) is 56.3 Å². The minimum absolute atomic E-state index is 0.132. The van der Waals surface area contributed by atoms with Crippen LogP contribution >= 0.6 is 0 Å². The highest BCUT2D eigenvalue weighted by Crippen LogP contribution is 2.28. The quantitative estimate of drug-likeness (QED) is 0.882. The first-order valence-corrected chi connectivity index (χ1v) is 9.02. The van der Waals surface area contributed by atoms with Crippen LogP contribution in [0.15, 0.2) is 36.4 Å². The molecule has 1 amide bonds. The molecule has 7 heteroatoms. The lowest BCUT2D eigenvalue weighted by Gasteiger charge is -2.37. The van der Waals surface area contributed by atoms with Crippen LogP contribution in [-0.4, -0.2) is 55.4 Å². The topological polar surface area (TPSA) is 70.6 Å². The van der Waals surface area contributed by atoms with Crippen molar-refractivity contribution >= 4 is 17.4 Å². The third-order valence-electron chi connectivity index (χ3n) is 4.83. The number of amides is 1. The lowest BCUT2D eigenvalue weighted by Crippen LogP contribution is -2.47. The summed E-state index contributed by atoms with van der Waals surface area (Å²) in [5.74, 6) is 1.58. The summed E-state index contributed by atoms with van der Waals surface area (Å²) >= 11 is 0. The monoisotopic (exact) mass is 353 g/mol. The van der Waals surface area contributed by atoms with E-state index in [0.29, 0.717) is 11.7 Å². The number of hydrogen-bond acceptors (Lipinski definition) is 6. The molecule has 2 aliphatic rings. The Hall–Kier alpha value is -2.83. The number of nitrogens with zero attached hydrogens (tertiary/aromatic N) is 4. The zero-order chi connectivity index (χ0) is 17.9. The number of carbonyl (C=O) groups excluding carboxylic acids is 1. The highest BCUT2D eigenvalue weighted by atomic mass is 16.5. The van der Waals surface area contributed by atoms with Crippen molar-refractivity contribution in [2.75, 3.05) is 43.1 Å². The Morgan fingerprint density at radius 1 is 1.04 bits per heavy atom. The number of para-hydroxylation sites is 2. The first-order valence-electron chi connectivity index (χ1n) is 9.02. The molecule has 1 aliphatic carbocycles. The number of methoxy groups -OCH3 is 1. The van der Waals surface area contributed by atoms with E-state index in [1.165, 1.54) is 0 Å². The predicted octanol–water partition coefficient (Wildman–Crippen LogP) is 1.70. The maximum absolute atomic E-state index is 12.0. The van der Waals surface area contributed by atoms with Crippen molar-refractivity contribution in [3.63, 3.8) is 0 Å². The molecule has 4 rings (SSSR count). The Morgan fingerprint density at radius 2 is 1.77 bits per heavy atom. The third-order valence-corrected chi connectivity index (χ3v) is 4.83. The molecule has 0 atom stereocenters. The summed E-state index contributed by atoms with van der Waals surface area (Å²) in [6.45, 7) is 3.46. The van der Waals surface area contributed by atoms with Crippen molar-refractivity contribution in [3.8, 4) is 5.75 Å². The maximum Gasteiger partial charge on any atom is 0.272 e. The molecule has 26 heavy (non-hydrogen) atoms. The largest absolute Gasteiger partial charge is 0.495 e. The maximum atomic E-state index is 12.0. The van der Waals surface area contributed by atoms with Crippen LogP contribution in [0, 0.1) is 0 Å². The second kappa shape index (κ2) is 7.19. The molecule has 7 nitrogen and oxygen atoms in total. The van der Waals surface area contributed by atoms with Crippen molar-refractivity contribution in [2.24, 2.45) is 0 Å². The van der Waals surface area contributed by atoms with Crippen molar-refractivity contribution in [3.05, 3.63) is 42.1 Å². The van der Waals surface area contributed by atoms with Gasteiger partial charge in [-0.05, 0) is 37.1 Å². The number of aromatic nitrogens is 2. The van der Waals surface area contributed by atoms with Crippen LogP contribution < -0.4 is 19.9 Å². The first kappa shape index (κ1) is 16.6. The Kier molecular flexibility index (Phi) is 4.60. The standard InChI is InChI=1S/C19H23N5O2/c1-26-17-5-3-2-4-16(17)23-10-12-24(13-11-23)18-9-8-15(21-22-18)19(25)20-14-6-7-14/h2-5,8-9,14H,6-7,10-13H2,1H3,(H,20,25). The fourth-order valence-corrected chi connectivity index (χ4v) is 3.17. The summed E-state index contributed by atoms with van der Waals surface area (Å²) in [5, 5.41) is 11.3. The SMILES string of the molecule is COc1ccccc1N1CCN(c2ccc(C(=O)NC3CC3)nn2)CC1. The summed E-state index contributed by atoms with van der Waals surface area (Å²) in [6, 6.07) is 12.0. The van der Waals surface area contributed by atoms with Crippen LogP contribution in [0.3, 0.4) is 0 Å². The number of rotatable bonds is 5. The van der Waals surface area contributed by atoms with E-state index >= 15 is 0 Å². The molecule has 2 heterocycles. The van der Waals surface area contributed by atoms with Gasteiger partial charge in [0.25, 0.3) is 5.91 Å². The van der Waals surface area contributed by atoms with E-state index in [-0.39, 0.29) is 5.91 Å². The van der Waals surface area contributed by atoms with Crippen molar-refractivity contribution in [1.82, 2.24) is 15.5 Å². The van der Waals surface area contributed by atoms with Crippen LogP contribution in [0.5, 0.6) is 5.75 Å². The number of anilines is 2. The molecular formula is C19H23N5O2. The van der Waals surface area contributed by atoms with E-state index in [9.17, 15) is 4.79 Å². The minimum Gasteiger partial charge on any atom is -0.495 e. The molecule has 1 aromatic heterocycles. The van der Waals surface area contributed by atoms with E-state index in [2.05, 4.69) is 31.4 Å². The van der Waals surface area contributed by atoms with Gasteiger partial charge in [-0.3, -0.25) is 4.79 Å². The first-order chi connectivity index (χ1) is 12.7. The molecule has 1 N–H and O–H groups in total.